The molecular formula is C14H18F4N4O. The van der Waals surface area contributed by atoms with Crippen molar-refractivity contribution in [3.63, 3.8) is 0 Å². The van der Waals surface area contributed by atoms with Crippen molar-refractivity contribution in [3.8, 4) is 0 Å². The molecule has 1 amide bonds. The number of aliphatic imine (C=N–C) groups is 1. The Kier molecular flexibility index (Phi) is 5.08. The van der Waals surface area contributed by atoms with E-state index in [4.69, 9.17) is 11.5 Å². The molecule has 1 fully saturated rings. The Morgan fingerprint density at radius 2 is 2.04 bits per heavy atom. The minimum absolute atomic E-state index is 0.0228. The number of alkyl halides is 3. The van der Waals surface area contributed by atoms with E-state index in [1.165, 1.54) is 4.90 Å². The molecule has 1 saturated carbocycles. The monoisotopic (exact) mass is 334 g/mol. The molecule has 1 aliphatic heterocycles. The molecule has 2 rings (SSSR count). The molecule has 1 aliphatic carbocycles. The zero-order valence-electron chi connectivity index (χ0n) is 12.4. The van der Waals surface area contributed by atoms with Crippen LogP contribution >= 0.6 is 0 Å². The lowest BCUT2D eigenvalue weighted by molar-refractivity contribution is -0.128. The van der Waals surface area contributed by atoms with Crippen LogP contribution in [0.15, 0.2) is 28.2 Å². The third kappa shape index (κ3) is 3.90. The van der Waals surface area contributed by atoms with Gasteiger partial charge in [0.15, 0.2) is 5.71 Å². The van der Waals surface area contributed by atoms with Gasteiger partial charge in [-0.25, -0.2) is 4.39 Å². The van der Waals surface area contributed by atoms with Crippen molar-refractivity contribution in [2.45, 2.75) is 31.5 Å². The number of hydrogen-bond donors (Lipinski definition) is 2. The van der Waals surface area contributed by atoms with E-state index in [-0.39, 0.29) is 36.6 Å². The topological polar surface area (TPSA) is 84.7 Å². The van der Waals surface area contributed by atoms with Gasteiger partial charge in [-0.1, -0.05) is 0 Å². The smallest absolute Gasteiger partial charge is 0.401 e. The Morgan fingerprint density at radius 1 is 1.39 bits per heavy atom. The fourth-order valence-electron chi connectivity index (χ4n) is 2.37. The number of nitrogens with two attached hydrogens (primary N) is 2. The average molecular weight is 334 g/mol. The van der Waals surface area contributed by atoms with Gasteiger partial charge in [-0.3, -0.25) is 9.79 Å². The number of rotatable bonds is 5. The molecule has 0 saturated heterocycles. The van der Waals surface area contributed by atoms with Crippen LogP contribution in [0, 0.1) is 0 Å². The van der Waals surface area contributed by atoms with Gasteiger partial charge in [0.1, 0.15) is 0 Å². The Labute approximate surface area is 130 Å². The molecule has 0 spiro atoms. The maximum Gasteiger partial charge on any atom is 0.433 e. The van der Waals surface area contributed by atoms with Crippen LogP contribution in [0.5, 0.6) is 0 Å². The van der Waals surface area contributed by atoms with Gasteiger partial charge >= 0.3 is 6.18 Å². The summed E-state index contributed by atoms with van der Waals surface area (Å²) in [6.45, 7) is -0.528. The average Bonchev–Trinajstić information content (AvgIpc) is 3.29. The highest BCUT2D eigenvalue weighted by atomic mass is 19.4. The van der Waals surface area contributed by atoms with Crippen LogP contribution in [0.4, 0.5) is 17.6 Å². The van der Waals surface area contributed by atoms with E-state index in [9.17, 15) is 22.4 Å². The lowest BCUT2D eigenvalue weighted by Gasteiger charge is -2.30. The summed E-state index contributed by atoms with van der Waals surface area (Å²) in [6, 6.07) is -0.0228. The second kappa shape index (κ2) is 6.69. The van der Waals surface area contributed by atoms with Crippen LogP contribution in [0.1, 0.15) is 19.3 Å². The van der Waals surface area contributed by atoms with Crippen LogP contribution in [0.3, 0.4) is 0 Å². The van der Waals surface area contributed by atoms with Crippen molar-refractivity contribution >= 4 is 11.6 Å². The Bertz CT molecular complexity index is 576. The predicted octanol–water partition coefficient (Wildman–Crippen LogP) is 1.41. The number of carbonyl (C=O) groups is 1. The largest absolute Gasteiger partial charge is 0.433 e. The molecule has 0 aromatic carbocycles. The molecule has 1 heterocycles. The summed E-state index contributed by atoms with van der Waals surface area (Å²) in [7, 11) is 0. The highest BCUT2D eigenvalue weighted by Gasteiger charge is 2.46. The van der Waals surface area contributed by atoms with Gasteiger partial charge < -0.3 is 16.4 Å². The molecular weight excluding hydrogens is 316 g/mol. The van der Waals surface area contributed by atoms with Gasteiger partial charge in [-0.15, -0.1) is 0 Å². The van der Waals surface area contributed by atoms with E-state index in [1.54, 1.807) is 0 Å². The summed E-state index contributed by atoms with van der Waals surface area (Å²) in [5.41, 5.74) is 8.65. The maximum absolute atomic E-state index is 13.3. The van der Waals surface area contributed by atoms with Gasteiger partial charge in [0.05, 0.1) is 18.4 Å². The van der Waals surface area contributed by atoms with Gasteiger partial charge in [-0.2, -0.15) is 13.2 Å². The fraction of sp³-hybridized carbons (Fsp3) is 0.571. The summed E-state index contributed by atoms with van der Waals surface area (Å²) in [5.74, 6) is -0.758. The number of carbonyl (C=O) groups excluding carboxylic acids is 1. The quantitative estimate of drug-likeness (QED) is 0.589. The molecule has 0 radical (unpaired) electrons. The van der Waals surface area contributed by atoms with Crippen molar-refractivity contribution < 1.29 is 22.4 Å². The number of halogens is 4. The van der Waals surface area contributed by atoms with E-state index in [2.05, 4.69) is 4.99 Å². The second-order valence-corrected chi connectivity index (χ2v) is 5.51. The fourth-order valence-corrected chi connectivity index (χ4v) is 2.37. The zero-order chi connectivity index (χ0) is 17.2. The van der Waals surface area contributed by atoms with Crippen molar-refractivity contribution in [2.24, 2.45) is 16.5 Å². The second-order valence-electron chi connectivity index (χ2n) is 5.51. The standard InChI is InChI=1S/C14H18F4N4O/c15-5-8(6-19)7-21-12(14(16,17)18)11-10(20)3-4-22(13(11)23)9-1-2-9/h5,9H,1-4,6-7,19-20H2/b8-5+,21-12?. The molecule has 4 N–H and O–H groups in total. The van der Waals surface area contributed by atoms with Gasteiger partial charge in [-0.05, 0) is 18.4 Å². The third-order valence-corrected chi connectivity index (χ3v) is 3.77. The minimum Gasteiger partial charge on any atom is -0.401 e. The molecule has 0 aromatic heterocycles. The van der Waals surface area contributed by atoms with Crippen molar-refractivity contribution in [1.29, 1.82) is 0 Å². The molecule has 0 aromatic rings. The van der Waals surface area contributed by atoms with Crippen LogP contribution in [0.2, 0.25) is 0 Å². The minimum atomic E-state index is -4.86. The van der Waals surface area contributed by atoms with E-state index in [1.807, 2.05) is 0 Å². The summed E-state index contributed by atoms with van der Waals surface area (Å²) in [6.07, 6.45) is -3.03. The first-order chi connectivity index (χ1) is 10.8. The van der Waals surface area contributed by atoms with E-state index in [0.717, 1.165) is 12.8 Å². The van der Waals surface area contributed by atoms with Crippen LogP contribution in [-0.2, 0) is 4.79 Å². The zero-order valence-corrected chi connectivity index (χ0v) is 12.4. The first-order valence-corrected chi connectivity index (χ1v) is 7.19. The Hall–Kier alpha value is -1.90. The number of hydrogen-bond acceptors (Lipinski definition) is 4. The molecule has 0 unspecified atom stereocenters. The van der Waals surface area contributed by atoms with E-state index < -0.39 is 29.9 Å². The molecule has 0 bridgehead atoms. The summed E-state index contributed by atoms with van der Waals surface area (Å²) < 4.78 is 52.4. The van der Waals surface area contributed by atoms with Crippen LogP contribution < -0.4 is 11.5 Å². The Balaban J connectivity index is 2.37. The Morgan fingerprint density at radius 3 is 2.52 bits per heavy atom. The van der Waals surface area contributed by atoms with Crippen molar-refractivity contribution in [3.05, 3.63) is 23.2 Å². The van der Waals surface area contributed by atoms with E-state index >= 15 is 0 Å². The molecule has 0 atom stereocenters. The normalized spacial score (nSPS) is 21.3. The molecule has 9 heteroatoms. The summed E-state index contributed by atoms with van der Waals surface area (Å²) in [5, 5.41) is 0. The highest BCUT2D eigenvalue weighted by molar-refractivity contribution is 6.24. The molecule has 128 valence electrons. The predicted molar refractivity (Wildman–Crippen MR) is 77.2 cm³/mol. The number of nitrogens with zero attached hydrogens (tertiary/aromatic N) is 2. The van der Waals surface area contributed by atoms with Crippen LogP contribution in [-0.4, -0.2) is 48.4 Å². The lowest BCUT2D eigenvalue weighted by atomic mass is 9.99. The number of amides is 1. The molecule has 23 heavy (non-hydrogen) atoms. The highest BCUT2D eigenvalue weighted by Crippen LogP contribution is 2.34. The van der Waals surface area contributed by atoms with Crippen molar-refractivity contribution in [1.82, 2.24) is 4.90 Å². The molecule has 2 aliphatic rings. The van der Waals surface area contributed by atoms with Crippen LogP contribution in [0.25, 0.3) is 0 Å². The first kappa shape index (κ1) is 17.5. The van der Waals surface area contributed by atoms with Gasteiger partial charge in [0, 0.05) is 31.2 Å². The van der Waals surface area contributed by atoms with E-state index in [0.29, 0.717) is 6.54 Å². The maximum atomic E-state index is 13.3. The lowest BCUT2D eigenvalue weighted by Crippen LogP contribution is -2.45. The molecule has 5 nitrogen and oxygen atoms in total. The summed E-state index contributed by atoms with van der Waals surface area (Å²) in [4.78, 5) is 17.2. The summed E-state index contributed by atoms with van der Waals surface area (Å²) >= 11 is 0. The van der Waals surface area contributed by atoms with Gasteiger partial charge in [0.2, 0.25) is 0 Å². The SMILES string of the molecule is NC/C(=C\F)CN=C(C1=C(N)CCN(C2CC2)C1=O)C(F)(F)F. The van der Waals surface area contributed by atoms with Gasteiger partial charge in [0.25, 0.3) is 5.91 Å². The third-order valence-electron chi connectivity index (χ3n) is 3.77. The first-order valence-electron chi connectivity index (χ1n) is 7.19. The van der Waals surface area contributed by atoms with Crippen molar-refractivity contribution in [2.75, 3.05) is 19.6 Å².